The van der Waals surface area contributed by atoms with E-state index >= 15 is 0 Å². The lowest BCUT2D eigenvalue weighted by molar-refractivity contribution is -0.388. The van der Waals surface area contributed by atoms with E-state index in [9.17, 15) is 19.3 Å². The van der Waals surface area contributed by atoms with Crippen molar-refractivity contribution in [1.82, 2.24) is 0 Å². The summed E-state index contributed by atoms with van der Waals surface area (Å²) in [6, 6.07) is 1.78. The van der Waals surface area contributed by atoms with Crippen LogP contribution in [0.1, 0.15) is 10.4 Å². The highest BCUT2D eigenvalue weighted by Crippen LogP contribution is 2.31. The number of esters is 1. The number of rotatable bonds is 5. The van der Waals surface area contributed by atoms with Crippen LogP contribution in [0.4, 0.5) is 10.1 Å². The van der Waals surface area contributed by atoms with Crippen LogP contribution in [0.25, 0.3) is 0 Å². The minimum Gasteiger partial charge on any atom is -0.482 e. The van der Waals surface area contributed by atoms with Crippen molar-refractivity contribution in [1.29, 1.82) is 0 Å². The molecule has 0 saturated heterocycles. The van der Waals surface area contributed by atoms with E-state index in [1.165, 1.54) is 6.08 Å². The van der Waals surface area contributed by atoms with Crippen molar-refractivity contribution in [3.8, 4) is 5.75 Å². The Morgan fingerprint density at radius 1 is 1.61 bits per heavy atom. The van der Waals surface area contributed by atoms with Gasteiger partial charge in [0.2, 0.25) is 11.6 Å². The van der Waals surface area contributed by atoms with E-state index in [4.69, 9.17) is 4.74 Å². The van der Waals surface area contributed by atoms with Crippen LogP contribution in [0.15, 0.2) is 24.8 Å². The number of carbonyl (C=O) groups excluding carboxylic acids is 1. The largest absolute Gasteiger partial charge is 0.482 e. The summed E-state index contributed by atoms with van der Waals surface area (Å²) in [6.07, 6.45) is 1.34. The molecular weight excluding hydrogens is 245 g/mol. The van der Waals surface area contributed by atoms with Crippen LogP contribution in [-0.4, -0.2) is 24.6 Å². The van der Waals surface area contributed by atoms with Crippen LogP contribution in [0.5, 0.6) is 5.75 Å². The molecule has 1 aromatic rings. The summed E-state index contributed by atoms with van der Waals surface area (Å²) in [6.45, 7) is 3.32. The first-order chi connectivity index (χ1) is 8.51. The van der Waals surface area contributed by atoms with Crippen LogP contribution in [0.2, 0.25) is 0 Å². The molecule has 0 aliphatic rings. The van der Waals surface area contributed by atoms with Gasteiger partial charge in [-0.05, 0) is 6.07 Å². The molecule has 0 atom stereocenters. The number of halogens is 1. The Morgan fingerprint density at radius 3 is 2.78 bits per heavy atom. The molecule has 0 saturated carbocycles. The summed E-state index contributed by atoms with van der Waals surface area (Å²) in [5, 5.41) is 10.7. The molecule has 0 bridgehead atoms. The van der Waals surface area contributed by atoms with E-state index in [0.717, 1.165) is 19.2 Å². The average Bonchev–Trinajstić information content (AvgIpc) is 2.33. The molecule has 0 unspecified atom stereocenters. The fourth-order valence-electron chi connectivity index (χ4n) is 1.25. The predicted molar refractivity (Wildman–Crippen MR) is 60.1 cm³/mol. The highest BCUT2D eigenvalue weighted by atomic mass is 19.1. The molecule has 0 heterocycles. The fraction of sp³-hybridized carbons (Fsp3) is 0.182. The first-order valence-corrected chi connectivity index (χ1v) is 4.81. The van der Waals surface area contributed by atoms with E-state index in [-0.39, 0.29) is 17.9 Å². The zero-order valence-electron chi connectivity index (χ0n) is 9.51. The van der Waals surface area contributed by atoms with Gasteiger partial charge in [-0.1, -0.05) is 12.7 Å². The molecular formula is C11H10FNO5. The van der Waals surface area contributed by atoms with Gasteiger partial charge in [-0.25, -0.2) is 4.79 Å². The summed E-state index contributed by atoms with van der Waals surface area (Å²) in [4.78, 5) is 21.0. The molecule has 0 aromatic heterocycles. The second-order valence-electron chi connectivity index (χ2n) is 3.15. The van der Waals surface area contributed by atoms with Gasteiger partial charge < -0.3 is 9.47 Å². The number of ether oxygens (including phenoxy) is 2. The molecule has 0 N–H and O–H groups in total. The van der Waals surface area contributed by atoms with Gasteiger partial charge in [0.25, 0.3) is 0 Å². The predicted octanol–water partition coefficient (Wildman–Crippen LogP) is 2.09. The van der Waals surface area contributed by atoms with Crippen LogP contribution < -0.4 is 4.74 Å². The van der Waals surface area contributed by atoms with Gasteiger partial charge in [0.15, 0.2) is 0 Å². The smallest absolute Gasteiger partial charge is 0.346 e. The number of nitro benzene ring substituents is 1. The molecule has 0 radical (unpaired) electrons. The van der Waals surface area contributed by atoms with Crippen molar-refractivity contribution in [2.24, 2.45) is 0 Å². The Hall–Kier alpha value is -2.44. The van der Waals surface area contributed by atoms with Crippen molar-refractivity contribution in [2.75, 3.05) is 13.7 Å². The molecule has 7 heteroatoms. The third-order valence-corrected chi connectivity index (χ3v) is 1.99. The first-order valence-electron chi connectivity index (χ1n) is 4.81. The van der Waals surface area contributed by atoms with Crippen molar-refractivity contribution in [3.63, 3.8) is 0 Å². The maximum absolute atomic E-state index is 13.5. The molecule has 18 heavy (non-hydrogen) atoms. The number of methoxy groups -OCH3 is 1. The third-order valence-electron chi connectivity index (χ3n) is 1.99. The van der Waals surface area contributed by atoms with Crippen LogP contribution >= 0.6 is 0 Å². The maximum Gasteiger partial charge on any atom is 0.346 e. The highest BCUT2D eigenvalue weighted by molar-refractivity contribution is 5.90. The molecule has 0 aliphatic heterocycles. The zero-order chi connectivity index (χ0) is 13.7. The minimum atomic E-state index is -1.16. The Bertz CT molecular complexity index is 500. The van der Waals surface area contributed by atoms with Gasteiger partial charge >= 0.3 is 11.7 Å². The van der Waals surface area contributed by atoms with Gasteiger partial charge in [0.1, 0.15) is 6.61 Å². The number of benzene rings is 1. The summed E-state index contributed by atoms with van der Waals surface area (Å²) in [5.74, 6) is -2.32. The van der Waals surface area contributed by atoms with Gasteiger partial charge in [-0.2, -0.15) is 4.39 Å². The quantitative estimate of drug-likeness (QED) is 0.348. The second-order valence-corrected chi connectivity index (χ2v) is 3.15. The number of nitrogens with zero attached hydrogens (tertiary/aromatic N) is 1. The molecule has 1 rings (SSSR count). The van der Waals surface area contributed by atoms with Gasteiger partial charge in [-0.3, -0.25) is 10.1 Å². The lowest BCUT2D eigenvalue weighted by atomic mass is 10.2. The summed E-state index contributed by atoms with van der Waals surface area (Å²) in [7, 11) is 1.12. The number of nitro groups is 1. The SMILES string of the molecule is C=CCOc1cc(C(=O)OC)cc(F)c1[N+](=O)[O-]. The molecule has 0 fully saturated rings. The Kier molecular flexibility index (Phi) is 4.36. The van der Waals surface area contributed by atoms with Crippen LogP contribution in [0.3, 0.4) is 0 Å². The average molecular weight is 255 g/mol. The molecule has 6 nitrogen and oxygen atoms in total. The van der Waals surface area contributed by atoms with E-state index in [1.54, 1.807) is 0 Å². The van der Waals surface area contributed by atoms with Gasteiger partial charge in [-0.15, -0.1) is 0 Å². The highest BCUT2D eigenvalue weighted by Gasteiger charge is 2.25. The molecule has 0 amide bonds. The molecule has 0 spiro atoms. The summed E-state index contributed by atoms with van der Waals surface area (Å²) >= 11 is 0. The topological polar surface area (TPSA) is 78.7 Å². The molecule has 0 aliphatic carbocycles. The monoisotopic (exact) mass is 255 g/mol. The Morgan fingerprint density at radius 2 is 2.28 bits per heavy atom. The number of carbonyl (C=O) groups is 1. The third kappa shape index (κ3) is 2.82. The maximum atomic E-state index is 13.5. The molecule has 96 valence electrons. The van der Waals surface area contributed by atoms with Crippen LogP contribution in [-0.2, 0) is 4.74 Å². The van der Waals surface area contributed by atoms with Gasteiger partial charge in [0, 0.05) is 6.07 Å². The minimum absolute atomic E-state index is 0.0507. The lowest BCUT2D eigenvalue weighted by Crippen LogP contribution is -2.06. The van der Waals surface area contributed by atoms with E-state index in [0.29, 0.717) is 0 Å². The standard InChI is InChI=1S/C11H10FNO5/c1-3-4-18-9-6-7(11(14)17-2)5-8(12)10(9)13(15)16/h3,5-6H,1,4H2,2H3. The second kappa shape index (κ2) is 5.76. The van der Waals surface area contributed by atoms with Gasteiger partial charge in [0.05, 0.1) is 17.6 Å². The first kappa shape index (κ1) is 13.6. The van der Waals surface area contributed by atoms with Crippen molar-refractivity contribution >= 4 is 11.7 Å². The summed E-state index contributed by atoms with van der Waals surface area (Å²) in [5.41, 5.74) is -0.996. The van der Waals surface area contributed by atoms with Crippen molar-refractivity contribution < 1.29 is 23.6 Å². The van der Waals surface area contributed by atoms with E-state index in [1.807, 2.05) is 0 Å². The van der Waals surface area contributed by atoms with Crippen molar-refractivity contribution in [2.45, 2.75) is 0 Å². The number of hydrogen-bond donors (Lipinski definition) is 0. The van der Waals surface area contributed by atoms with Crippen LogP contribution in [0, 0.1) is 15.9 Å². The van der Waals surface area contributed by atoms with Crippen molar-refractivity contribution in [3.05, 3.63) is 46.3 Å². The molecule has 1 aromatic carbocycles. The lowest BCUT2D eigenvalue weighted by Gasteiger charge is -2.07. The fourth-order valence-corrected chi connectivity index (χ4v) is 1.25. The zero-order valence-corrected chi connectivity index (χ0v) is 9.51. The van der Waals surface area contributed by atoms with E-state index < -0.39 is 22.4 Å². The normalized spacial score (nSPS) is 9.67. The van der Waals surface area contributed by atoms with E-state index in [2.05, 4.69) is 11.3 Å². The Balaban J connectivity index is 3.31. The summed E-state index contributed by atoms with van der Waals surface area (Å²) < 4.78 is 22.9. The number of hydrogen-bond acceptors (Lipinski definition) is 5. The Labute approximate surface area is 102 Å².